The third-order valence-corrected chi connectivity index (χ3v) is 3.73. The molecule has 0 bridgehead atoms. The van der Waals surface area contributed by atoms with Crippen molar-refractivity contribution < 1.29 is 5.11 Å². The number of hydrogen-bond acceptors (Lipinski definition) is 4. The fraction of sp³-hybridized carbons (Fsp3) is 0.158. The van der Waals surface area contributed by atoms with Gasteiger partial charge in [-0.15, -0.1) is 10.2 Å². The van der Waals surface area contributed by atoms with Gasteiger partial charge in [-0.3, -0.25) is 0 Å². The van der Waals surface area contributed by atoms with E-state index in [0.717, 1.165) is 18.5 Å². The molecule has 0 fully saturated rings. The highest BCUT2D eigenvalue weighted by atomic mass is 16.3. The number of aryl methyl sites for hydroxylation is 1. The first-order valence-electron chi connectivity index (χ1n) is 7.65. The number of aromatic hydroxyl groups is 1. The van der Waals surface area contributed by atoms with Crippen LogP contribution in [0.2, 0.25) is 0 Å². The lowest BCUT2D eigenvalue weighted by Gasteiger charge is -2.13. The summed E-state index contributed by atoms with van der Waals surface area (Å²) in [5, 5.41) is 22.0. The van der Waals surface area contributed by atoms with Crippen LogP contribution in [-0.2, 0) is 6.42 Å². The van der Waals surface area contributed by atoms with Crippen molar-refractivity contribution in [3.63, 3.8) is 0 Å². The highest BCUT2D eigenvalue weighted by Gasteiger charge is 2.15. The molecule has 23 heavy (non-hydrogen) atoms. The van der Waals surface area contributed by atoms with E-state index >= 15 is 0 Å². The Bertz CT molecular complexity index is 773. The van der Waals surface area contributed by atoms with Crippen LogP contribution in [0.3, 0.4) is 0 Å². The largest absolute Gasteiger partial charge is 0.505 e. The molecule has 0 spiro atoms. The molecule has 0 radical (unpaired) electrons. The molecule has 0 amide bonds. The monoisotopic (exact) mass is 305 g/mol. The number of aromatic nitrogens is 2. The minimum atomic E-state index is 0.174. The normalized spacial score (nSPS) is 10.5. The van der Waals surface area contributed by atoms with Gasteiger partial charge in [-0.1, -0.05) is 60.7 Å². The van der Waals surface area contributed by atoms with Crippen molar-refractivity contribution >= 4 is 5.82 Å². The SMILES string of the molecule is Cc1nnc(NCCc2ccccc2)c(-c2ccccc2)c1O. The van der Waals surface area contributed by atoms with Gasteiger partial charge in [-0.2, -0.15) is 0 Å². The molecule has 4 nitrogen and oxygen atoms in total. The predicted octanol–water partition coefficient (Wildman–Crippen LogP) is 3.81. The molecule has 1 heterocycles. The van der Waals surface area contributed by atoms with E-state index in [2.05, 4.69) is 27.6 Å². The van der Waals surface area contributed by atoms with Gasteiger partial charge in [0.25, 0.3) is 0 Å². The van der Waals surface area contributed by atoms with Gasteiger partial charge in [0, 0.05) is 6.54 Å². The maximum absolute atomic E-state index is 10.4. The zero-order valence-electron chi connectivity index (χ0n) is 13.0. The van der Waals surface area contributed by atoms with Crippen LogP contribution in [0.15, 0.2) is 60.7 Å². The maximum Gasteiger partial charge on any atom is 0.160 e. The van der Waals surface area contributed by atoms with Crippen LogP contribution in [0.1, 0.15) is 11.3 Å². The summed E-state index contributed by atoms with van der Waals surface area (Å²) in [7, 11) is 0. The predicted molar refractivity (Wildman–Crippen MR) is 92.5 cm³/mol. The van der Waals surface area contributed by atoms with E-state index in [9.17, 15) is 5.11 Å². The Kier molecular flexibility index (Phi) is 4.52. The third kappa shape index (κ3) is 3.48. The summed E-state index contributed by atoms with van der Waals surface area (Å²) < 4.78 is 0. The average molecular weight is 305 g/mol. The quantitative estimate of drug-likeness (QED) is 0.752. The lowest BCUT2D eigenvalue weighted by atomic mass is 10.0. The van der Waals surface area contributed by atoms with Crippen molar-refractivity contribution in [3.8, 4) is 16.9 Å². The molecule has 0 atom stereocenters. The van der Waals surface area contributed by atoms with Gasteiger partial charge in [0.1, 0.15) is 11.4 Å². The summed E-state index contributed by atoms with van der Waals surface area (Å²) in [6, 6.07) is 20.0. The smallest absolute Gasteiger partial charge is 0.160 e. The summed E-state index contributed by atoms with van der Waals surface area (Å²) in [5.74, 6) is 0.781. The van der Waals surface area contributed by atoms with Crippen LogP contribution >= 0.6 is 0 Å². The summed E-state index contributed by atoms with van der Waals surface area (Å²) in [6.07, 6.45) is 0.880. The van der Waals surface area contributed by atoms with Crippen molar-refractivity contribution in [2.24, 2.45) is 0 Å². The van der Waals surface area contributed by atoms with Gasteiger partial charge >= 0.3 is 0 Å². The molecule has 116 valence electrons. The van der Waals surface area contributed by atoms with Crippen molar-refractivity contribution in [3.05, 3.63) is 71.9 Å². The molecular weight excluding hydrogens is 286 g/mol. The molecule has 0 saturated carbocycles. The van der Waals surface area contributed by atoms with Crippen molar-refractivity contribution in [2.75, 3.05) is 11.9 Å². The molecule has 0 aliphatic rings. The van der Waals surface area contributed by atoms with Crippen molar-refractivity contribution in [2.45, 2.75) is 13.3 Å². The summed E-state index contributed by atoms with van der Waals surface area (Å²) in [6.45, 7) is 2.48. The third-order valence-electron chi connectivity index (χ3n) is 3.73. The van der Waals surface area contributed by atoms with Crippen LogP contribution in [0.5, 0.6) is 5.75 Å². The van der Waals surface area contributed by atoms with Crippen LogP contribution in [0.25, 0.3) is 11.1 Å². The van der Waals surface area contributed by atoms with Gasteiger partial charge in [-0.25, -0.2) is 0 Å². The van der Waals surface area contributed by atoms with Crippen molar-refractivity contribution in [1.29, 1.82) is 0 Å². The fourth-order valence-electron chi connectivity index (χ4n) is 2.49. The fourth-order valence-corrected chi connectivity index (χ4v) is 2.49. The molecule has 2 aromatic carbocycles. The summed E-state index contributed by atoms with van der Waals surface area (Å²) in [4.78, 5) is 0. The van der Waals surface area contributed by atoms with Gasteiger partial charge in [0.05, 0.1) is 5.56 Å². The molecule has 0 unspecified atom stereocenters. The van der Waals surface area contributed by atoms with E-state index in [0.29, 0.717) is 17.1 Å². The average Bonchev–Trinajstić information content (AvgIpc) is 2.60. The van der Waals surface area contributed by atoms with Gasteiger partial charge in [0.2, 0.25) is 0 Å². The Morgan fingerprint density at radius 2 is 1.57 bits per heavy atom. The second-order valence-electron chi connectivity index (χ2n) is 5.39. The van der Waals surface area contributed by atoms with E-state index in [-0.39, 0.29) is 5.75 Å². The summed E-state index contributed by atoms with van der Waals surface area (Å²) >= 11 is 0. The second-order valence-corrected chi connectivity index (χ2v) is 5.39. The van der Waals surface area contributed by atoms with Crippen LogP contribution < -0.4 is 5.32 Å². The minimum absolute atomic E-state index is 0.174. The van der Waals surface area contributed by atoms with Crippen LogP contribution in [0.4, 0.5) is 5.82 Å². The van der Waals surface area contributed by atoms with E-state index < -0.39 is 0 Å². The topological polar surface area (TPSA) is 58.0 Å². The molecule has 0 aliphatic heterocycles. The second kappa shape index (κ2) is 6.92. The first-order valence-corrected chi connectivity index (χ1v) is 7.65. The number of nitrogens with zero attached hydrogens (tertiary/aromatic N) is 2. The number of anilines is 1. The lowest BCUT2D eigenvalue weighted by Crippen LogP contribution is -2.09. The van der Waals surface area contributed by atoms with Gasteiger partial charge in [0.15, 0.2) is 5.82 Å². The van der Waals surface area contributed by atoms with E-state index in [1.54, 1.807) is 6.92 Å². The summed E-state index contributed by atoms with van der Waals surface area (Å²) in [5.41, 5.74) is 3.40. The Morgan fingerprint density at radius 3 is 2.26 bits per heavy atom. The molecule has 0 aliphatic carbocycles. The molecule has 4 heteroatoms. The van der Waals surface area contributed by atoms with E-state index in [4.69, 9.17) is 0 Å². The Morgan fingerprint density at radius 1 is 0.913 bits per heavy atom. The standard InChI is InChI=1S/C19H19N3O/c1-14-18(23)17(16-10-6-3-7-11-16)19(22-21-14)20-13-12-15-8-4-2-5-9-15/h2-11H,12-13H2,1H3,(H2,20,22,23). The number of nitrogens with one attached hydrogen (secondary N) is 1. The molecular formula is C19H19N3O. The molecule has 1 aromatic heterocycles. The first kappa shape index (κ1) is 15.0. The first-order chi connectivity index (χ1) is 11.3. The lowest BCUT2D eigenvalue weighted by molar-refractivity contribution is 0.468. The Labute approximate surface area is 135 Å². The Balaban J connectivity index is 1.83. The Hall–Kier alpha value is -2.88. The molecule has 2 N–H and O–H groups in total. The van der Waals surface area contributed by atoms with E-state index in [1.165, 1.54) is 5.56 Å². The van der Waals surface area contributed by atoms with Crippen LogP contribution in [0, 0.1) is 6.92 Å². The number of benzene rings is 2. The van der Waals surface area contributed by atoms with Crippen molar-refractivity contribution in [1.82, 2.24) is 10.2 Å². The van der Waals surface area contributed by atoms with Crippen LogP contribution in [-0.4, -0.2) is 21.8 Å². The minimum Gasteiger partial charge on any atom is -0.505 e. The number of rotatable bonds is 5. The zero-order chi connectivity index (χ0) is 16.1. The highest BCUT2D eigenvalue weighted by molar-refractivity contribution is 5.80. The zero-order valence-corrected chi connectivity index (χ0v) is 13.0. The molecule has 0 saturated heterocycles. The van der Waals surface area contributed by atoms with E-state index in [1.807, 2.05) is 48.5 Å². The highest BCUT2D eigenvalue weighted by Crippen LogP contribution is 2.35. The molecule has 3 rings (SSSR count). The van der Waals surface area contributed by atoms with Gasteiger partial charge < -0.3 is 10.4 Å². The number of hydrogen-bond donors (Lipinski definition) is 2. The maximum atomic E-state index is 10.4. The molecule has 3 aromatic rings. The van der Waals surface area contributed by atoms with Gasteiger partial charge in [-0.05, 0) is 24.5 Å².